The first-order chi connectivity index (χ1) is 15.9. The summed E-state index contributed by atoms with van der Waals surface area (Å²) in [6, 6.07) is 1.55. The van der Waals surface area contributed by atoms with Gasteiger partial charge in [0.15, 0.2) is 0 Å². The minimum absolute atomic E-state index is 0.776. The van der Waals surface area contributed by atoms with Gasteiger partial charge in [0, 0.05) is 38.3 Å². The van der Waals surface area contributed by atoms with E-state index < -0.39 is 0 Å². The van der Waals surface area contributed by atoms with Crippen molar-refractivity contribution in [3.05, 3.63) is 0 Å². The molecule has 4 fully saturated rings. The van der Waals surface area contributed by atoms with Crippen molar-refractivity contribution in [2.75, 3.05) is 26.2 Å². The summed E-state index contributed by atoms with van der Waals surface area (Å²) >= 11 is 0. The molecule has 32 heavy (non-hydrogen) atoms. The summed E-state index contributed by atoms with van der Waals surface area (Å²) in [5.74, 6) is 0. The van der Waals surface area contributed by atoms with E-state index in [1.54, 1.807) is 0 Å². The first-order valence-corrected chi connectivity index (χ1v) is 15.0. The summed E-state index contributed by atoms with van der Waals surface area (Å²) in [4.78, 5) is 0. The predicted octanol–water partition coefficient (Wildman–Crippen LogP) is 7.31. The van der Waals surface area contributed by atoms with Gasteiger partial charge in [-0.05, 0) is 51.4 Å². The first-order valence-electron chi connectivity index (χ1n) is 15.0. The SMILES string of the molecule is C1CCCC(N2CCCCCCN2N2CCCCCCN2C2CCCCCCC2)CCC1. The third-order valence-electron chi connectivity index (χ3n) is 8.84. The van der Waals surface area contributed by atoms with E-state index in [-0.39, 0.29) is 0 Å². The van der Waals surface area contributed by atoms with Crippen molar-refractivity contribution in [1.29, 1.82) is 0 Å². The van der Waals surface area contributed by atoms with Crippen LogP contribution in [0.2, 0.25) is 0 Å². The molecule has 0 spiro atoms. The number of hydrazine groups is 3. The Morgan fingerprint density at radius 2 is 0.562 bits per heavy atom. The van der Waals surface area contributed by atoms with Gasteiger partial charge < -0.3 is 0 Å². The van der Waals surface area contributed by atoms with Crippen LogP contribution in [0.1, 0.15) is 141 Å². The average Bonchev–Trinajstić information content (AvgIpc) is 2.70. The maximum absolute atomic E-state index is 2.92. The van der Waals surface area contributed by atoms with E-state index in [0.717, 1.165) is 12.1 Å². The Morgan fingerprint density at radius 3 is 0.938 bits per heavy atom. The molecule has 0 aromatic carbocycles. The summed E-state index contributed by atoms with van der Waals surface area (Å²) in [5.41, 5.74) is 0. The molecular formula is C28H54N4. The van der Waals surface area contributed by atoms with Gasteiger partial charge in [-0.2, -0.15) is 10.2 Å². The summed E-state index contributed by atoms with van der Waals surface area (Å²) < 4.78 is 0. The smallest absolute Gasteiger partial charge is 0.0306 e. The minimum Gasteiger partial charge on any atom is -0.224 e. The Morgan fingerprint density at radius 1 is 0.281 bits per heavy atom. The molecule has 0 amide bonds. The van der Waals surface area contributed by atoms with E-state index in [9.17, 15) is 0 Å². The van der Waals surface area contributed by atoms with Crippen molar-refractivity contribution in [1.82, 2.24) is 20.3 Å². The molecule has 0 radical (unpaired) electrons. The lowest BCUT2D eigenvalue weighted by atomic mass is 9.95. The van der Waals surface area contributed by atoms with Gasteiger partial charge in [0.05, 0.1) is 0 Å². The van der Waals surface area contributed by atoms with Gasteiger partial charge >= 0.3 is 0 Å². The van der Waals surface area contributed by atoms with Crippen molar-refractivity contribution in [2.24, 2.45) is 0 Å². The summed E-state index contributed by atoms with van der Waals surface area (Å²) in [6.45, 7) is 5.08. The molecule has 4 aliphatic rings. The van der Waals surface area contributed by atoms with Crippen LogP contribution >= 0.6 is 0 Å². The molecule has 0 bridgehead atoms. The first kappa shape index (κ1) is 24.9. The molecule has 2 heterocycles. The number of hydrogen-bond donors (Lipinski definition) is 0. The van der Waals surface area contributed by atoms with Crippen LogP contribution in [0.4, 0.5) is 0 Å². The Hall–Kier alpha value is -0.160. The lowest BCUT2D eigenvalue weighted by Crippen LogP contribution is -2.65. The molecule has 2 saturated carbocycles. The lowest BCUT2D eigenvalue weighted by molar-refractivity contribution is -0.306. The monoisotopic (exact) mass is 446 g/mol. The molecule has 0 unspecified atom stereocenters. The topological polar surface area (TPSA) is 13.0 Å². The van der Waals surface area contributed by atoms with E-state index in [1.807, 2.05) is 0 Å². The summed E-state index contributed by atoms with van der Waals surface area (Å²) in [7, 11) is 0. The standard InChI is InChI=1S/C28H54N4/c1-3-11-19-27(20-12-4-1)29-23-15-7-9-17-25-31(29)32-26-18-10-8-16-24-30(32)28-21-13-5-2-6-14-22-28/h27-28H,1-26H2. The van der Waals surface area contributed by atoms with E-state index in [1.165, 1.54) is 167 Å². The van der Waals surface area contributed by atoms with Crippen LogP contribution in [0, 0.1) is 0 Å². The molecule has 4 nitrogen and oxygen atoms in total. The van der Waals surface area contributed by atoms with E-state index in [0.29, 0.717) is 0 Å². The largest absolute Gasteiger partial charge is 0.224 e. The van der Waals surface area contributed by atoms with Crippen LogP contribution in [-0.2, 0) is 0 Å². The van der Waals surface area contributed by atoms with Crippen LogP contribution in [0.25, 0.3) is 0 Å². The minimum atomic E-state index is 0.776. The molecular weight excluding hydrogens is 392 g/mol. The third-order valence-corrected chi connectivity index (χ3v) is 8.84. The second kappa shape index (κ2) is 14.3. The molecule has 186 valence electrons. The highest BCUT2D eigenvalue weighted by atomic mass is 16.0. The molecule has 2 saturated heterocycles. The fraction of sp³-hybridized carbons (Fsp3) is 1.00. The average molecular weight is 447 g/mol. The van der Waals surface area contributed by atoms with E-state index in [4.69, 9.17) is 0 Å². The Balaban J connectivity index is 1.56. The molecule has 0 aromatic heterocycles. The van der Waals surface area contributed by atoms with Crippen LogP contribution < -0.4 is 0 Å². The third kappa shape index (κ3) is 7.42. The highest BCUT2D eigenvalue weighted by molar-refractivity contribution is 4.78. The van der Waals surface area contributed by atoms with Gasteiger partial charge in [-0.1, -0.05) is 89.9 Å². The molecule has 4 rings (SSSR count). The highest BCUT2D eigenvalue weighted by Gasteiger charge is 2.35. The zero-order valence-electron chi connectivity index (χ0n) is 21.3. The quantitative estimate of drug-likeness (QED) is 0.450. The van der Waals surface area contributed by atoms with Gasteiger partial charge in [-0.3, -0.25) is 0 Å². The Bertz CT molecular complexity index is 438. The predicted molar refractivity (Wildman–Crippen MR) is 136 cm³/mol. The van der Waals surface area contributed by atoms with Crippen LogP contribution in [0.15, 0.2) is 0 Å². The molecule has 0 N–H and O–H groups in total. The molecule has 2 aliphatic heterocycles. The van der Waals surface area contributed by atoms with Crippen molar-refractivity contribution in [2.45, 2.75) is 153 Å². The highest BCUT2D eigenvalue weighted by Crippen LogP contribution is 2.30. The fourth-order valence-electron chi connectivity index (χ4n) is 6.95. The van der Waals surface area contributed by atoms with E-state index >= 15 is 0 Å². The second-order valence-corrected chi connectivity index (χ2v) is 11.3. The zero-order valence-corrected chi connectivity index (χ0v) is 21.3. The van der Waals surface area contributed by atoms with Gasteiger partial charge in [0.25, 0.3) is 0 Å². The number of hydrogen-bond acceptors (Lipinski definition) is 4. The van der Waals surface area contributed by atoms with Gasteiger partial charge in [-0.15, -0.1) is 0 Å². The van der Waals surface area contributed by atoms with Crippen molar-refractivity contribution in [3.63, 3.8) is 0 Å². The maximum Gasteiger partial charge on any atom is 0.0306 e. The zero-order chi connectivity index (χ0) is 21.8. The lowest BCUT2D eigenvalue weighted by Gasteiger charge is -2.53. The van der Waals surface area contributed by atoms with Crippen LogP contribution in [0.5, 0.6) is 0 Å². The van der Waals surface area contributed by atoms with Gasteiger partial charge in [0.2, 0.25) is 0 Å². The molecule has 0 aromatic rings. The normalized spacial score (nSPS) is 29.6. The van der Waals surface area contributed by atoms with Crippen LogP contribution in [-0.4, -0.2) is 58.5 Å². The molecule has 0 atom stereocenters. The fourth-order valence-corrected chi connectivity index (χ4v) is 6.95. The number of nitrogens with zero attached hydrogens (tertiary/aromatic N) is 4. The van der Waals surface area contributed by atoms with Crippen LogP contribution in [0.3, 0.4) is 0 Å². The second-order valence-electron chi connectivity index (χ2n) is 11.3. The number of rotatable bonds is 3. The van der Waals surface area contributed by atoms with Crippen molar-refractivity contribution < 1.29 is 0 Å². The Kier molecular flexibility index (Phi) is 11.1. The van der Waals surface area contributed by atoms with E-state index in [2.05, 4.69) is 20.3 Å². The van der Waals surface area contributed by atoms with Crippen molar-refractivity contribution in [3.8, 4) is 0 Å². The molecule has 4 heteroatoms. The summed E-state index contributed by atoms with van der Waals surface area (Å²) in [5, 5.41) is 11.5. The Labute approximate surface area is 200 Å². The summed E-state index contributed by atoms with van der Waals surface area (Å²) in [6.07, 6.45) is 31.5. The molecule has 2 aliphatic carbocycles. The van der Waals surface area contributed by atoms with Crippen molar-refractivity contribution >= 4 is 0 Å². The van der Waals surface area contributed by atoms with Gasteiger partial charge in [0.1, 0.15) is 0 Å². The maximum atomic E-state index is 2.92. The van der Waals surface area contributed by atoms with Gasteiger partial charge in [-0.25, -0.2) is 10.0 Å².